The normalized spacial score (nSPS) is 12.0. The number of aliphatic hydroxyl groups excluding tert-OH is 1. The lowest BCUT2D eigenvalue weighted by atomic mass is 10.0. The van der Waals surface area contributed by atoms with E-state index in [2.05, 4.69) is 22.9 Å². The lowest BCUT2D eigenvalue weighted by Gasteiger charge is -2.16. The Morgan fingerprint density at radius 1 is 1.14 bits per heavy atom. The van der Waals surface area contributed by atoms with Gasteiger partial charge in [0.05, 0.1) is 18.2 Å². The van der Waals surface area contributed by atoms with Crippen molar-refractivity contribution in [3.05, 3.63) is 58.1 Å². The van der Waals surface area contributed by atoms with Crippen LogP contribution in [0.4, 0.5) is 0 Å². The van der Waals surface area contributed by atoms with Gasteiger partial charge in [-0.05, 0) is 46.1 Å². The van der Waals surface area contributed by atoms with Gasteiger partial charge in [-0.3, -0.25) is 0 Å². The molecule has 0 aliphatic rings. The van der Waals surface area contributed by atoms with E-state index in [0.717, 1.165) is 27.8 Å². The third-order valence-corrected chi connectivity index (χ3v) is 3.79. The maximum absolute atomic E-state index is 10.6. The van der Waals surface area contributed by atoms with Gasteiger partial charge in [0.2, 0.25) is 0 Å². The lowest BCUT2D eigenvalue weighted by molar-refractivity contribution is 0.214. The van der Waals surface area contributed by atoms with Crippen LogP contribution in [0.5, 0.6) is 11.5 Å². The highest BCUT2D eigenvalue weighted by Gasteiger charge is 2.16. The predicted molar refractivity (Wildman–Crippen MR) is 87.0 cm³/mol. The fourth-order valence-corrected chi connectivity index (χ4v) is 2.60. The standard InChI is InChI=1S/C17H19BrO3/c1-3-10-21-16-9-8-12(11-14(16)18)17(19)13-6-4-5-7-15(13)20-2/h4-9,11,17,19H,3,10H2,1-2H3. The molecule has 0 aliphatic carbocycles. The highest BCUT2D eigenvalue weighted by molar-refractivity contribution is 9.10. The van der Waals surface area contributed by atoms with Crippen LogP contribution in [0.1, 0.15) is 30.6 Å². The number of hydrogen-bond acceptors (Lipinski definition) is 3. The molecular weight excluding hydrogens is 332 g/mol. The minimum absolute atomic E-state index is 0.674. The molecule has 0 amide bonds. The first-order valence-electron chi connectivity index (χ1n) is 6.90. The quantitative estimate of drug-likeness (QED) is 0.842. The van der Waals surface area contributed by atoms with Crippen LogP contribution < -0.4 is 9.47 Å². The van der Waals surface area contributed by atoms with Crippen molar-refractivity contribution in [1.82, 2.24) is 0 Å². The van der Waals surface area contributed by atoms with E-state index < -0.39 is 6.10 Å². The van der Waals surface area contributed by atoms with Gasteiger partial charge in [0.15, 0.2) is 0 Å². The van der Waals surface area contributed by atoms with Crippen molar-refractivity contribution < 1.29 is 14.6 Å². The van der Waals surface area contributed by atoms with Crippen LogP contribution in [0.2, 0.25) is 0 Å². The summed E-state index contributed by atoms with van der Waals surface area (Å²) in [5.41, 5.74) is 1.53. The topological polar surface area (TPSA) is 38.7 Å². The first-order valence-corrected chi connectivity index (χ1v) is 7.70. The van der Waals surface area contributed by atoms with E-state index in [4.69, 9.17) is 9.47 Å². The molecular formula is C17H19BrO3. The van der Waals surface area contributed by atoms with Crippen LogP contribution in [0, 0.1) is 0 Å². The van der Waals surface area contributed by atoms with Gasteiger partial charge in [-0.25, -0.2) is 0 Å². The molecule has 4 heteroatoms. The molecule has 2 rings (SSSR count). The first kappa shape index (κ1) is 15.9. The summed E-state index contributed by atoms with van der Waals surface area (Å²) in [4.78, 5) is 0. The summed E-state index contributed by atoms with van der Waals surface area (Å²) >= 11 is 3.49. The highest BCUT2D eigenvalue weighted by atomic mass is 79.9. The van der Waals surface area contributed by atoms with Crippen molar-refractivity contribution in [2.75, 3.05) is 13.7 Å². The van der Waals surface area contributed by atoms with Gasteiger partial charge in [0, 0.05) is 5.56 Å². The van der Waals surface area contributed by atoms with Crippen LogP contribution in [0.25, 0.3) is 0 Å². The number of para-hydroxylation sites is 1. The van der Waals surface area contributed by atoms with E-state index in [1.165, 1.54) is 0 Å². The summed E-state index contributed by atoms with van der Waals surface area (Å²) in [6, 6.07) is 13.1. The monoisotopic (exact) mass is 350 g/mol. The molecule has 2 aromatic carbocycles. The SMILES string of the molecule is CCCOc1ccc(C(O)c2ccccc2OC)cc1Br. The molecule has 3 nitrogen and oxygen atoms in total. The zero-order chi connectivity index (χ0) is 15.2. The van der Waals surface area contributed by atoms with Gasteiger partial charge in [0.1, 0.15) is 17.6 Å². The Hall–Kier alpha value is -1.52. The number of rotatable bonds is 6. The highest BCUT2D eigenvalue weighted by Crippen LogP contribution is 2.34. The molecule has 0 saturated carbocycles. The van der Waals surface area contributed by atoms with E-state index in [0.29, 0.717) is 12.4 Å². The van der Waals surface area contributed by atoms with Crippen LogP contribution in [0.15, 0.2) is 46.9 Å². The zero-order valence-corrected chi connectivity index (χ0v) is 13.8. The van der Waals surface area contributed by atoms with E-state index >= 15 is 0 Å². The predicted octanol–water partition coefficient (Wildman–Crippen LogP) is 4.33. The van der Waals surface area contributed by atoms with Gasteiger partial charge in [-0.1, -0.05) is 31.2 Å². The van der Waals surface area contributed by atoms with Gasteiger partial charge in [-0.15, -0.1) is 0 Å². The second-order valence-electron chi connectivity index (χ2n) is 4.68. The summed E-state index contributed by atoms with van der Waals surface area (Å²) in [7, 11) is 1.60. The Bertz CT molecular complexity index is 598. The Balaban J connectivity index is 2.27. The number of aliphatic hydroxyl groups is 1. The van der Waals surface area contributed by atoms with E-state index in [-0.39, 0.29) is 0 Å². The summed E-state index contributed by atoms with van der Waals surface area (Å²) in [6.07, 6.45) is 0.218. The van der Waals surface area contributed by atoms with Crippen LogP contribution in [0.3, 0.4) is 0 Å². The summed E-state index contributed by atoms with van der Waals surface area (Å²) in [6.45, 7) is 2.74. The average molecular weight is 351 g/mol. The number of methoxy groups -OCH3 is 1. The van der Waals surface area contributed by atoms with Crippen molar-refractivity contribution in [3.63, 3.8) is 0 Å². The van der Waals surface area contributed by atoms with Crippen molar-refractivity contribution in [3.8, 4) is 11.5 Å². The maximum atomic E-state index is 10.6. The molecule has 21 heavy (non-hydrogen) atoms. The molecule has 0 aromatic heterocycles. The Morgan fingerprint density at radius 3 is 2.57 bits per heavy atom. The second kappa shape index (κ2) is 7.48. The van der Waals surface area contributed by atoms with Crippen LogP contribution in [-0.4, -0.2) is 18.8 Å². The van der Waals surface area contributed by atoms with Crippen molar-refractivity contribution in [2.45, 2.75) is 19.4 Å². The minimum Gasteiger partial charge on any atom is -0.496 e. The number of halogens is 1. The molecule has 2 aromatic rings. The lowest BCUT2D eigenvalue weighted by Crippen LogP contribution is -2.03. The molecule has 1 unspecified atom stereocenters. The average Bonchev–Trinajstić information content (AvgIpc) is 2.53. The molecule has 0 spiro atoms. The smallest absolute Gasteiger partial charge is 0.133 e. The molecule has 0 saturated heterocycles. The largest absolute Gasteiger partial charge is 0.496 e. The molecule has 0 aliphatic heterocycles. The second-order valence-corrected chi connectivity index (χ2v) is 5.54. The van der Waals surface area contributed by atoms with Crippen LogP contribution in [-0.2, 0) is 0 Å². The van der Waals surface area contributed by atoms with Gasteiger partial charge >= 0.3 is 0 Å². The number of ether oxygens (including phenoxy) is 2. The van der Waals surface area contributed by atoms with E-state index in [1.807, 2.05) is 42.5 Å². The summed E-state index contributed by atoms with van der Waals surface area (Å²) in [5, 5.41) is 10.6. The molecule has 0 radical (unpaired) electrons. The third-order valence-electron chi connectivity index (χ3n) is 3.17. The van der Waals surface area contributed by atoms with Crippen LogP contribution >= 0.6 is 15.9 Å². The fraction of sp³-hybridized carbons (Fsp3) is 0.294. The van der Waals surface area contributed by atoms with Gasteiger partial charge in [-0.2, -0.15) is 0 Å². The van der Waals surface area contributed by atoms with E-state index in [9.17, 15) is 5.11 Å². The maximum Gasteiger partial charge on any atom is 0.133 e. The number of hydrogen-bond donors (Lipinski definition) is 1. The fourth-order valence-electron chi connectivity index (χ4n) is 2.09. The molecule has 0 fully saturated rings. The van der Waals surface area contributed by atoms with Gasteiger partial charge < -0.3 is 14.6 Å². The Morgan fingerprint density at radius 2 is 1.90 bits per heavy atom. The van der Waals surface area contributed by atoms with Crippen molar-refractivity contribution in [2.24, 2.45) is 0 Å². The number of benzene rings is 2. The molecule has 112 valence electrons. The Labute approximate surface area is 133 Å². The molecule has 1 N–H and O–H groups in total. The first-order chi connectivity index (χ1) is 10.2. The third kappa shape index (κ3) is 3.77. The van der Waals surface area contributed by atoms with Crippen molar-refractivity contribution in [1.29, 1.82) is 0 Å². The summed E-state index contributed by atoms with van der Waals surface area (Å²) < 4.78 is 11.8. The minimum atomic E-state index is -0.738. The summed E-state index contributed by atoms with van der Waals surface area (Å²) in [5.74, 6) is 1.46. The molecule has 0 bridgehead atoms. The van der Waals surface area contributed by atoms with Crippen molar-refractivity contribution >= 4 is 15.9 Å². The van der Waals surface area contributed by atoms with E-state index in [1.54, 1.807) is 7.11 Å². The zero-order valence-electron chi connectivity index (χ0n) is 12.2. The Kier molecular flexibility index (Phi) is 5.65. The van der Waals surface area contributed by atoms with Gasteiger partial charge in [0.25, 0.3) is 0 Å². The molecule has 0 heterocycles. The molecule has 1 atom stereocenters.